The van der Waals surface area contributed by atoms with Crippen LogP contribution in [-0.2, 0) is 31.1 Å². The zero-order chi connectivity index (χ0) is 30.2. The molecule has 2 aromatic rings. The Morgan fingerprint density at radius 3 is 2.58 bits per heavy atom. The van der Waals surface area contributed by atoms with Crippen molar-refractivity contribution >= 4 is 11.8 Å². The van der Waals surface area contributed by atoms with Crippen LogP contribution in [-0.4, -0.2) is 40.8 Å². The lowest BCUT2D eigenvalue weighted by Gasteiger charge is -2.75. The van der Waals surface area contributed by atoms with Crippen LogP contribution < -0.4 is 4.74 Å². The van der Waals surface area contributed by atoms with E-state index in [0.29, 0.717) is 18.9 Å². The molecule has 1 saturated carbocycles. The van der Waals surface area contributed by atoms with Gasteiger partial charge in [0.25, 0.3) is 0 Å². The van der Waals surface area contributed by atoms with Crippen LogP contribution in [0.3, 0.4) is 0 Å². The molecule has 9 atom stereocenters. The van der Waals surface area contributed by atoms with Crippen LogP contribution in [0.4, 0.5) is 0 Å². The van der Waals surface area contributed by atoms with E-state index >= 15 is 0 Å². The number of nitrogens with zero attached hydrogens (tertiary/aromatic N) is 1. The monoisotopic (exact) mass is 583 g/mol. The van der Waals surface area contributed by atoms with E-state index in [-0.39, 0.29) is 41.5 Å². The molecule has 0 amide bonds. The third-order valence-electron chi connectivity index (χ3n) is 13.1. The highest BCUT2D eigenvalue weighted by molar-refractivity contribution is 5.94. The standard InChI is InChI=1S/C37H45NO5/c1-22-15-27-30(28(16-22)41-20-25-10-8-7-9-11-25)24(3)31(40)32-33(27,4)21-37-35(6,34(32,5)18-29(39)43-37)12-13-36-17-23(2)14-26(42-36)19-38(36)37/h7-11,15-16,23-24,26,32H,12-14,17-21H2,1-6H3/t23-,24+,26+,32-,33-,34-,35-,36-,37+/m0/s1. The van der Waals surface area contributed by atoms with Crippen molar-refractivity contribution < 1.29 is 23.8 Å². The molecule has 0 N–H and O–H groups in total. The molecule has 0 radical (unpaired) electrons. The highest BCUT2D eigenvalue weighted by atomic mass is 16.6. The van der Waals surface area contributed by atoms with E-state index in [2.05, 4.69) is 70.7 Å². The Morgan fingerprint density at radius 1 is 1.05 bits per heavy atom. The van der Waals surface area contributed by atoms with Gasteiger partial charge in [-0.2, -0.15) is 0 Å². The minimum Gasteiger partial charge on any atom is -0.489 e. The molecule has 4 bridgehead atoms. The van der Waals surface area contributed by atoms with Crippen LogP contribution in [0.15, 0.2) is 42.5 Å². The maximum Gasteiger partial charge on any atom is 0.308 e. The molecule has 43 heavy (non-hydrogen) atoms. The minimum absolute atomic E-state index is 0.151. The number of benzene rings is 2. The number of piperidine rings is 1. The first-order valence-electron chi connectivity index (χ1n) is 16.4. The van der Waals surface area contributed by atoms with Crippen molar-refractivity contribution in [1.29, 1.82) is 0 Å². The lowest BCUT2D eigenvalue weighted by Crippen LogP contribution is -2.82. The average Bonchev–Trinajstić information content (AvgIpc) is 3.23. The van der Waals surface area contributed by atoms with Gasteiger partial charge in [0.05, 0.1) is 12.5 Å². The second kappa shape index (κ2) is 8.72. The second-order valence-corrected chi connectivity index (χ2v) is 15.7. The van der Waals surface area contributed by atoms with E-state index in [9.17, 15) is 9.59 Å². The molecule has 4 saturated heterocycles. The summed E-state index contributed by atoms with van der Waals surface area (Å²) < 4.78 is 20.2. The van der Waals surface area contributed by atoms with Gasteiger partial charge < -0.3 is 14.2 Å². The summed E-state index contributed by atoms with van der Waals surface area (Å²) in [5.41, 5.74) is 1.69. The summed E-state index contributed by atoms with van der Waals surface area (Å²) in [4.78, 5) is 31.1. The van der Waals surface area contributed by atoms with Crippen molar-refractivity contribution in [2.75, 3.05) is 6.54 Å². The van der Waals surface area contributed by atoms with Crippen LogP contribution in [0.25, 0.3) is 0 Å². The molecule has 1 spiro atoms. The molecule has 2 aliphatic carbocycles. The zero-order valence-electron chi connectivity index (χ0n) is 26.5. The van der Waals surface area contributed by atoms with Gasteiger partial charge in [0, 0.05) is 41.2 Å². The van der Waals surface area contributed by atoms with Crippen molar-refractivity contribution in [1.82, 2.24) is 4.90 Å². The Kier molecular flexibility index (Phi) is 5.64. The number of carbonyl (C=O) groups excluding carboxylic acids is 2. The number of ether oxygens (including phenoxy) is 3. The molecule has 6 heteroatoms. The number of fused-ring (bicyclic) bond motifs is 5. The van der Waals surface area contributed by atoms with Gasteiger partial charge in [0.15, 0.2) is 5.72 Å². The summed E-state index contributed by atoms with van der Waals surface area (Å²) in [5, 5.41) is 0. The smallest absolute Gasteiger partial charge is 0.308 e. The summed E-state index contributed by atoms with van der Waals surface area (Å²) in [6.07, 6.45) is 4.80. The fourth-order valence-corrected chi connectivity index (χ4v) is 11.3. The number of hydrogen-bond donors (Lipinski definition) is 0. The summed E-state index contributed by atoms with van der Waals surface area (Å²) in [6, 6.07) is 14.6. The predicted octanol–water partition coefficient (Wildman–Crippen LogP) is 6.81. The van der Waals surface area contributed by atoms with Gasteiger partial charge in [0.2, 0.25) is 0 Å². The Bertz CT molecular complexity index is 1540. The quantitative estimate of drug-likeness (QED) is 0.370. The first kappa shape index (κ1) is 27.8. The predicted molar refractivity (Wildman–Crippen MR) is 162 cm³/mol. The third-order valence-corrected chi connectivity index (χ3v) is 13.1. The molecule has 6 nitrogen and oxygen atoms in total. The Hall–Kier alpha value is -2.70. The highest BCUT2D eigenvalue weighted by Gasteiger charge is 2.81. The van der Waals surface area contributed by atoms with Crippen molar-refractivity contribution in [3.8, 4) is 5.75 Å². The molecular formula is C37H45NO5. The first-order chi connectivity index (χ1) is 20.4. The molecule has 6 aliphatic rings. The minimum atomic E-state index is -0.841. The summed E-state index contributed by atoms with van der Waals surface area (Å²) in [7, 11) is 0. The van der Waals surface area contributed by atoms with E-state index in [4.69, 9.17) is 14.2 Å². The lowest BCUT2D eigenvalue weighted by atomic mass is 9.35. The molecular weight excluding hydrogens is 538 g/mol. The van der Waals surface area contributed by atoms with Crippen molar-refractivity contribution in [3.05, 3.63) is 64.7 Å². The van der Waals surface area contributed by atoms with Crippen LogP contribution in [0.5, 0.6) is 5.75 Å². The van der Waals surface area contributed by atoms with E-state index in [0.717, 1.165) is 54.7 Å². The number of esters is 1. The molecule has 8 rings (SSSR count). The summed E-state index contributed by atoms with van der Waals surface area (Å²) in [5.74, 6) is 0.805. The first-order valence-corrected chi connectivity index (χ1v) is 16.4. The maximum absolute atomic E-state index is 14.9. The largest absolute Gasteiger partial charge is 0.489 e. The van der Waals surface area contributed by atoms with Crippen LogP contribution >= 0.6 is 0 Å². The SMILES string of the molecule is Cc1cc(OCc2ccccc2)c2c(c1)[C@]1(C)C[C@@]34OC(=O)C[C@@](C)([C@H]1C(=O)[C@@H]2C)[C@]3(C)CC[C@]12C[C@@H](C)C[C@H](CN14)O2. The van der Waals surface area contributed by atoms with Gasteiger partial charge in [-0.05, 0) is 66.7 Å². The van der Waals surface area contributed by atoms with Crippen molar-refractivity contribution in [2.24, 2.45) is 22.7 Å². The lowest BCUT2D eigenvalue weighted by molar-refractivity contribution is -0.366. The molecule has 5 fully saturated rings. The zero-order valence-corrected chi connectivity index (χ0v) is 26.5. The van der Waals surface area contributed by atoms with Gasteiger partial charge in [-0.3, -0.25) is 9.59 Å². The number of hydrogen-bond acceptors (Lipinski definition) is 6. The summed E-state index contributed by atoms with van der Waals surface area (Å²) >= 11 is 0. The van der Waals surface area contributed by atoms with E-state index in [1.165, 1.54) is 5.56 Å². The Morgan fingerprint density at radius 2 is 1.81 bits per heavy atom. The molecule has 228 valence electrons. The number of carbonyl (C=O) groups is 2. The molecule has 0 aromatic heterocycles. The van der Waals surface area contributed by atoms with Gasteiger partial charge >= 0.3 is 5.97 Å². The van der Waals surface area contributed by atoms with Crippen LogP contribution in [0, 0.1) is 29.6 Å². The molecule has 4 aliphatic heterocycles. The third kappa shape index (κ3) is 3.37. The number of aryl methyl sites for hydroxylation is 1. The highest BCUT2D eigenvalue weighted by Crippen LogP contribution is 2.76. The fraction of sp³-hybridized carbons (Fsp3) is 0.622. The number of rotatable bonds is 3. The molecule has 0 unspecified atom stereocenters. The normalized spacial score (nSPS) is 44.5. The maximum atomic E-state index is 14.9. The molecule has 4 heterocycles. The number of Topliss-reactive ketones (excluding diaryl/α,β-unsaturated/α-hetero) is 1. The Balaban J connectivity index is 1.31. The molecule has 2 aromatic carbocycles. The van der Waals surface area contributed by atoms with Gasteiger partial charge in [0.1, 0.15) is 23.9 Å². The van der Waals surface area contributed by atoms with E-state index in [1.54, 1.807) is 0 Å². The van der Waals surface area contributed by atoms with Crippen molar-refractivity contribution in [2.45, 2.75) is 116 Å². The van der Waals surface area contributed by atoms with Gasteiger partial charge in [-0.1, -0.05) is 71.0 Å². The van der Waals surface area contributed by atoms with Gasteiger partial charge in [-0.15, -0.1) is 0 Å². The van der Waals surface area contributed by atoms with Crippen LogP contribution in [0.2, 0.25) is 0 Å². The van der Waals surface area contributed by atoms with E-state index in [1.807, 2.05) is 18.2 Å². The van der Waals surface area contributed by atoms with E-state index < -0.39 is 22.3 Å². The topological polar surface area (TPSA) is 65.1 Å². The summed E-state index contributed by atoms with van der Waals surface area (Å²) in [6.45, 7) is 14.6. The Labute approximate surface area is 255 Å². The van der Waals surface area contributed by atoms with Crippen LogP contribution in [0.1, 0.15) is 101 Å². The number of ketones is 1. The van der Waals surface area contributed by atoms with Gasteiger partial charge in [-0.25, -0.2) is 4.90 Å². The second-order valence-electron chi connectivity index (χ2n) is 15.7. The van der Waals surface area contributed by atoms with Crippen molar-refractivity contribution in [3.63, 3.8) is 0 Å². The fourth-order valence-electron chi connectivity index (χ4n) is 11.3. The average molecular weight is 584 g/mol.